The fourth-order valence-electron chi connectivity index (χ4n) is 2.23. The second-order valence-electron chi connectivity index (χ2n) is 5.56. The van der Waals surface area contributed by atoms with Gasteiger partial charge in [-0.2, -0.15) is 10.2 Å². The highest BCUT2D eigenvalue weighted by Crippen LogP contribution is 2.31. The number of nitrogens with zero attached hydrogens (tertiary/aromatic N) is 3. The highest BCUT2D eigenvalue weighted by molar-refractivity contribution is 7.89. The zero-order valence-corrected chi connectivity index (χ0v) is 15.9. The molecule has 1 N–H and O–H groups in total. The lowest BCUT2D eigenvalue weighted by atomic mass is 10.4. The van der Waals surface area contributed by atoms with E-state index in [0.29, 0.717) is 6.54 Å². The number of furan rings is 1. The van der Waals surface area contributed by atoms with Crippen LogP contribution in [0, 0.1) is 18.3 Å². The number of hydrogen-bond donors (Lipinski definition) is 1. The van der Waals surface area contributed by atoms with Crippen molar-refractivity contribution in [2.45, 2.75) is 18.4 Å². The standard InChI is InChI=1S/C16H16N4O4S2/c1-10-14(26(21,22)20(2)3)7-13(23-10)16-19-12(8-17)15(24-16)18-9-11-5-4-6-25-11/h4-7,18H,9H2,1-3H3. The molecule has 3 heterocycles. The van der Waals surface area contributed by atoms with Crippen LogP contribution in [0.5, 0.6) is 0 Å². The molecular weight excluding hydrogens is 376 g/mol. The van der Waals surface area contributed by atoms with Gasteiger partial charge in [0.1, 0.15) is 16.7 Å². The fraction of sp³-hybridized carbons (Fsp3) is 0.250. The zero-order chi connectivity index (χ0) is 18.9. The first kappa shape index (κ1) is 18.2. The van der Waals surface area contributed by atoms with Gasteiger partial charge in [-0.1, -0.05) is 6.07 Å². The van der Waals surface area contributed by atoms with Crippen molar-refractivity contribution in [3.63, 3.8) is 0 Å². The van der Waals surface area contributed by atoms with Crippen LogP contribution in [0.15, 0.2) is 37.3 Å². The van der Waals surface area contributed by atoms with Crippen molar-refractivity contribution in [1.29, 1.82) is 5.26 Å². The van der Waals surface area contributed by atoms with Crippen LogP contribution < -0.4 is 5.32 Å². The summed E-state index contributed by atoms with van der Waals surface area (Å²) in [6.45, 7) is 2.03. The molecule has 0 spiro atoms. The van der Waals surface area contributed by atoms with Crippen LogP contribution in [0.1, 0.15) is 16.3 Å². The number of rotatable bonds is 6. The number of thiophene rings is 1. The Morgan fingerprint density at radius 1 is 1.38 bits per heavy atom. The summed E-state index contributed by atoms with van der Waals surface area (Å²) in [5.74, 6) is 0.614. The monoisotopic (exact) mass is 392 g/mol. The third-order valence-corrected chi connectivity index (χ3v) is 6.38. The molecule has 0 bridgehead atoms. The summed E-state index contributed by atoms with van der Waals surface area (Å²) in [5, 5.41) is 14.2. The van der Waals surface area contributed by atoms with Gasteiger partial charge in [-0.15, -0.1) is 11.3 Å². The molecule has 0 aliphatic rings. The smallest absolute Gasteiger partial charge is 0.266 e. The van der Waals surface area contributed by atoms with Crippen molar-refractivity contribution in [1.82, 2.24) is 9.29 Å². The molecule has 0 atom stereocenters. The Kier molecular flexibility index (Phi) is 4.86. The van der Waals surface area contributed by atoms with Crippen LogP contribution in [0.4, 0.5) is 5.88 Å². The molecule has 0 amide bonds. The van der Waals surface area contributed by atoms with E-state index in [4.69, 9.17) is 8.83 Å². The Balaban J connectivity index is 1.92. The number of anilines is 1. The molecule has 3 aromatic heterocycles. The van der Waals surface area contributed by atoms with Gasteiger partial charge in [-0.25, -0.2) is 12.7 Å². The molecule has 10 heteroatoms. The number of oxazole rings is 1. The average molecular weight is 392 g/mol. The van der Waals surface area contributed by atoms with Gasteiger partial charge in [0.15, 0.2) is 5.76 Å². The molecule has 0 aliphatic heterocycles. The molecule has 0 aromatic carbocycles. The normalized spacial score (nSPS) is 11.7. The Hall–Kier alpha value is -2.61. The van der Waals surface area contributed by atoms with E-state index in [1.807, 2.05) is 23.6 Å². The predicted octanol–water partition coefficient (Wildman–Crippen LogP) is 3.04. The first-order valence-corrected chi connectivity index (χ1v) is 9.85. The van der Waals surface area contributed by atoms with Gasteiger partial charge < -0.3 is 14.2 Å². The zero-order valence-electron chi connectivity index (χ0n) is 14.3. The van der Waals surface area contributed by atoms with E-state index in [0.717, 1.165) is 9.18 Å². The maximum absolute atomic E-state index is 12.3. The molecule has 0 fully saturated rings. The Bertz CT molecular complexity index is 1060. The lowest BCUT2D eigenvalue weighted by Gasteiger charge is -2.09. The minimum atomic E-state index is -3.65. The van der Waals surface area contributed by atoms with Crippen molar-refractivity contribution in [2.75, 3.05) is 19.4 Å². The van der Waals surface area contributed by atoms with Crippen molar-refractivity contribution in [3.05, 3.63) is 39.9 Å². The van der Waals surface area contributed by atoms with Crippen molar-refractivity contribution < 1.29 is 17.3 Å². The van der Waals surface area contributed by atoms with E-state index in [1.54, 1.807) is 18.3 Å². The van der Waals surface area contributed by atoms with Gasteiger partial charge in [0, 0.05) is 25.0 Å². The third kappa shape index (κ3) is 3.37. The number of hydrogen-bond acceptors (Lipinski definition) is 8. The van der Waals surface area contributed by atoms with Crippen molar-refractivity contribution >= 4 is 27.2 Å². The molecule has 136 valence electrons. The average Bonchev–Trinajstić information content (AvgIpc) is 3.31. The Labute approximate surface area is 154 Å². The fourth-order valence-corrected chi connectivity index (χ4v) is 3.92. The minimum absolute atomic E-state index is 0.0299. The van der Waals surface area contributed by atoms with E-state index in [2.05, 4.69) is 10.3 Å². The van der Waals surface area contributed by atoms with Crippen molar-refractivity contribution in [2.24, 2.45) is 0 Å². The molecule has 3 rings (SSSR count). The van der Waals surface area contributed by atoms with Crippen LogP contribution in [0.3, 0.4) is 0 Å². The van der Waals surface area contributed by atoms with Crippen LogP contribution >= 0.6 is 11.3 Å². The Morgan fingerprint density at radius 2 is 2.15 bits per heavy atom. The summed E-state index contributed by atoms with van der Waals surface area (Å²) in [5.41, 5.74) is 0.0719. The van der Waals surface area contributed by atoms with Gasteiger partial charge in [-0.05, 0) is 18.4 Å². The van der Waals surface area contributed by atoms with E-state index in [1.165, 1.54) is 20.2 Å². The first-order chi connectivity index (χ1) is 12.3. The summed E-state index contributed by atoms with van der Waals surface area (Å²) in [6, 6.07) is 7.18. The van der Waals surface area contributed by atoms with Gasteiger partial charge >= 0.3 is 0 Å². The summed E-state index contributed by atoms with van der Waals surface area (Å²) in [6.07, 6.45) is 0. The van der Waals surface area contributed by atoms with E-state index >= 15 is 0 Å². The number of sulfonamides is 1. The van der Waals surface area contributed by atoms with Crippen LogP contribution in [-0.2, 0) is 16.6 Å². The highest BCUT2D eigenvalue weighted by atomic mass is 32.2. The second-order valence-corrected chi connectivity index (χ2v) is 8.71. The van der Waals surface area contributed by atoms with Gasteiger partial charge in [-0.3, -0.25) is 0 Å². The number of aromatic nitrogens is 1. The number of nitrogens with one attached hydrogen (secondary N) is 1. The molecule has 0 radical (unpaired) electrons. The molecule has 0 saturated heterocycles. The molecule has 26 heavy (non-hydrogen) atoms. The van der Waals surface area contributed by atoms with Crippen molar-refractivity contribution in [3.8, 4) is 17.7 Å². The summed E-state index contributed by atoms with van der Waals surface area (Å²) in [4.78, 5) is 5.19. The van der Waals surface area contributed by atoms with Crippen LogP contribution in [0.25, 0.3) is 11.7 Å². The number of nitriles is 1. The molecule has 0 unspecified atom stereocenters. The van der Waals surface area contributed by atoms with Crippen LogP contribution in [-0.4, -0.2) is 31.8 Å². The maximum Gasteiger partial charge on any atom is 0.266 e. The SMILES string of the molecule is Cc1oc(-c2nc(C#N)c(NCc3cccs3)o2)cc1S(=O)(=O)N(C)C. The molecule has 3 aromatic rings. The summed E-state index contributed by atoms with van der Waals surface area (Å²) < 4.78 is 36.8. The molecule has 8 nitrogen and oxygen atoms in total. The van der Waals surface area contributed by atoms with Crippen LogP contribution in [0.2, 0.25) is 0 Å². The van der Waals surface area contributed by atoms with Gasteiger partial charge in [0.25, 0.3) is 5.89 Å². The lowest BCUT2D eigenvalue weighted by molar-refractivity contribution is 0.492. The third-order valence-electron chi connectivity index (χ3n) is 3.58. The number of aryl methyl sites for hydroxylation is 1. The predicted molar refractivity (Wildman–Crippen MR) is 96.2 cm³/mol. The largest absolute Gasteiger partial charge is 0.455 e. The van der Waals surface area contributed by atoms with E-state index < -0.39 is 10.0 Å². The lowest BCUT2D eigenvalue weighted by Crippen LogP contribution is -2.22. The second kappa shape index (κ2) is 6.95. The van der Waals surface area contributed by atoms with E-state index in [-0.39, 0.29) is 33.9 Å². The highest BCUT2D eigenvalue weighted by Gasteiger charge is 2.26. The summed E-state index contributed by atoms with van der Waals surface area (Å²) in [7, 11) is -0.778. The van der Waals surface area contributed by atoms with Gasteiger partial charge in [0.2, 0.25) is 21.6 Å². The maximum atomic E-state index is 12.3. The molecular formula is C16H16N4O4S2. The minimum Gasteiger partial charge on any atom is -0.455 e. The first-order valence-electron chi connectivity index (χ1n) is 7.53. The molecule has 0 aliphatic carbocycles. The summed E-state index contributed by atoms with van der Waals surface area (Å²) >= 11 is 1.57. The van der Waals surface area contributed by atoms with E-state index in [9.17, 15) is 13.7 Å². The topological polar surface area (TPSA) is 112 Å². The Morgan fingerprint density at radius 3 is 2.77 bits per heavy atom. The van der Waals surface area contributed by atoms with Gasteiger partial charge in [0.05, 0.1) is 6.54 Å². The quantitative estimate of drug-likeness (QED) is 0.686. The molecule has 0 saturated carbocycles.